The number of anilines is 1. The number of amides is 2. The molecule has 2 amide bonds. The summed E-state index contributed by atoms with van der Waals surface area (Å²) in [6, 6.07) is 8.21. The Morgan fingerprint density at radius 3 is 2.47 bits per heavy atom. The number of carbonyl (C=O) groups excluding carboxylic acids is 2. The molecule has 0 fully saturated rings. The first kappa shape index (κ1) is 23.3. The number of benzene rings is 2. The number of aryl methyl sites for hydroxylation is 1. The van der Waals surface area contributed by atoms with Gasteiger partial charge in [0, 0.05) is 12.7 Å². The van der Waals surface area contributed by atoms with Gasteiger partial charge in [0.1, 0.15) is 0 Å². The molecule has 0 aliphatic carbocycles. The molecule has 0 bridgehead atoms. The van der Waals surface area contributed by atoms with Gasteiger partial charge in [0.15, 0.2) is 18.1 Å². The number of alkyl halides is 3. The molecule has 2 rings (SSSR count). The number of rotatable bonds is 7. The van der Waals surface area contributed by atoms with Crippen LogP contribution in [0.25, 0.3) is 0 Å². The second-order valence-electron chi connectivity index (χ2n) is 6.43. The standard InChI is InChI=1S/C20H20ClF3N2O4/c1-12-4-7-16(17(8-12)29-3)30-11-19(28)26(2)10-18(27)25-13-5-6-15(21)14(9-13)20(22,23)24/h4-9H,10-11H2,1-3H3,(H,25,27). The van der Waals surface area contributed by atoms with E-state index in [0.29, 0.717) is 11.5 Å². The van der Waals surface area contributed by atoms with Crippen LogP contribution in [0.15, 0.2) is 36.4 Å². The second kappa shape index (κ2) is 9.71. The predicted octanol–water partition coefficient (Wildman–Crippen LogP) is 4.15. The van der Waals surface area contributed by atoms with E-state index in [2.05, 4.69) is 5.32 Å². The van der Waals surface area contributed by atoms with E-state index in [1.807, 2.05) is 6.92 Å². The molecule has 0 aliphatic heterocycles. The van der Waals surface area contributed by atoms with Crippen molar-refractivity contribution in [1.29, 1.82) is 0 Å². The molecule has 30 heavy (non-hydrogen) atoms. The van der Waals surface area contributed by atoms with Gasteiger partial charge in [0.25, 0.3) is 5.91 Å². The minimum Gasteiger partial charge on any atom is -0.493 e. The van der Waals surface area contributed by atoms with Gasteiger partial charge in [-0.25, -0.2) is 0 Å². The first-order valence-corrected chi connectivity index (χ1v) is 9.07. The number of nitrogens with zero attached hydrogens (tertiary/aromatic N) is 1. The van der Waals surface area contributed by atoms with Crippen molar-refractivity contribution in [3.8, 4) is 11.5 Å². The Morgan fingerprint density at radius 2 is 1.83 bits per heavy atom. The van der Waals surface area contributed by atoms with E-state index in [0.717, 1.165) is 22.6 Å². The first-order valence-electron chi connectivity index (χ1n) is 8.69. The highest BCUT2D eigenvalue weighted by molar-refractivity contribution is 6.31. The fourth-order valence-corrected chi connectivity index (χ4v) is 2.69. The molecular weight excluding hydrogens is 425 g/mol. The predicted molar refractivity (Wildman–Crippen MR) is 106 cm³/mol. The quantitative estimate of drug-likeness (QED) is 0.696. The number of nitrogens with one attached hydrogen (secondary N) is 1. The highest BCUT2D eigenvalue weighted by atomic mass is 35.5. The molecule has 0 unspecified atom stereocenters. The van der Waals surface area contributed by atoms with Crippen LogP contribution in [0, 0.1) is 6.92 Å². The normalized spacial score (nSPS) is 11.0. The minimum absolute atomic E-state index is 0.0850. The van der Waals surface area contributed by atoms with E-state index in [1.165, 1.54) is 20.2 Å². The molecule has 0 aromatic heterocycles. The van der Waals surface area contributed by atoms with Gasteiger partial charge in [-0.1, -0.05) is 17.7 Å². The summed E-state index contributed by atoms with van der Waals surface area (Å²) in [5.74, 6) is -0.337. The Labute approximate surface area is 176 Å². The SMILES string of the molecule is COc1cc(C)ccc1OCC(=O)N(C)CC(=O)Nc1ccc(Cl)c(C(F)(F)F)c1. The van der Waals surface area contributed by atoms with Crippen molar-refractivity contribution in [3.63, 3.8) is 0 Å². The molecule has 0 spiro atoms. The number of methoxy groups -OCH3 is 1. The Kier molecular flexibility index (Phi) is 7.55. The highest BCUT2D eigenvalue weighted by Gasteiger charge is 2.33. The zero-order valence-electron chi connectivity index (χ0n) is 16.5. The number of halogens is 4. The Morgan fingerprint density at radius 1 is 1.13 bits per heavy atom. The monoisotopic (exact) mass is 444 g/mol. The number of ether oxygens (including phenoxy) is 2. The topological polar surface area (TPSA) is 67.9 Å². The van der Waals surface area contributed by atoms with Gasteiger partial charge in [-0.05, 0) is 42.8 Å². The maximum absolute atomic E-state index is 12.9. The van der Waals surface area contributed by atoms with Crippen LogP contribution < -0.4 is 14.8 Å². The number of hydrogen-bond acceptors (Lipinski definition) is 4. The Bertz CT molecular complexity index is 935. The summed E-state index contributed by atoms with van der Waals surface area (Å²) in [7, 11) is 2.85. The highest BCUT2D eigenvalue weighted by Crippen LogP contribution is 2.36. The van der Waals surface area contributed by atoms with Gasteiger partial charge in [-0.15, -0.1) is 0 Å². The summed E-state index contributed by atoms with van der Waals surface area (Å²) in [4.78, 5) is 25.4. The molecule has 162 valence electrons. The van der Waals surface area contributed by atoms with E-state index in [9.17, 15) is 22.8 Å². The molecule has 2 aromatic carbocycles. The molecule has 0 saturated carbocycles. The zero-order chi connectivity index (χ0) is 22.5. The molecule has 2 aromatic rings. The lowest BCUT2D eigenvalue weighted by atomic mass is 10.2. The molecule has 0 atom stereocenters. The summed E-state index contributed by atoms with van der Waals surface area (Å²) in [6.07, 6.45) is -4.65. The molecule has 10 heteroatoms. The van der Waals surface area contributed by atoms with E-state index in [4.69, 9.17) is 21.1 Å². The maximum atomic E-state index is 12.9. The van der Waals surface area contributed by atoms with Crippen molar-refractivity contribution in [2.24, 2.45) is 0 Å². The third-order valence-corrected chi connectivity index (χ3v) is 4.36. The average Bonchev–Trinajstić information content (AvgIpc) is 2.67. The lowest BCUT2D eigenvalue weighted by Crippen LogP contribution is -2.37. The van der Waals surface area contributed by atoms with Gasteiger partial charge in [0.2, 0.25) is 5.91 Å². The van der Waals surface area contributed by atoms with E-state index >= 15 is 0 Å². The lowest BCUT2D eigenvalue weighted by molar-refractivity contribution is -0.137. The van der Waals surface area contributed by atoms with Gasteiger partial charge in [-0.2, -0.15) is 13.2 Å². The molecule has 1 N–H and O–H groups in total. The van der Waals surface area contributed by atoms with Crippen molar-refractivity contribution < 1.29 is 32.2 Å². The van der Waals surface area contributed by atoms with Crippen molar-refractivity contribution in [3.05, 3.63) is 52.5 Å². The number of carbonyl (C=O) groups is 2. The van der Waals surface area contributed by atoms with E-state index in [-0.39, 0.29) is 18.8 Å². The van der Waals surface area contributed by atoms with Gasteiger partial charge in [0.05, 0.1) is 24.2 Å². The van der Waals surface area contributed by atoms with Gasteiger partial charge in [-0.3, -0.25) is 9.59 Å². The van der Waals surface area contributed by atoms with Crippen LogP contribution in [0.1, 0.15) is 11.1 Å². The van der Waals surface area contributed by atoms with Crippen LogP contribution in [0.2, 0.25) is 5.02 Å². The van der Waals surface area contributed by atoms with Crippen LogP contribution in [0.5, 0.6) is 11.5 Å². The largest absolute Gasteiger partial charge is 0.493 e. The zero-order valence-corrected chi connectivity index (χ0v) is 17.2. The van der Waals surface area contributed by atoms with Gasteiger partial charge >= 0.3 is 6.18 Å². The third kappa shape index (κ3) is 6.28. The fourth-order valence-electron chi connectivity index (χ4n) is 2.47. The third-order valence-electron chi connectivity index (χ3n) is 4.03. The van der Waals surface area contributed by atoms with E-state index < -0.39 is 28.6 Å². The summed E-state index contributed by atoms with van der Waals surface area (Å²) in [5.41, 5.74) is -0.194. The fraction of sp³-hybridized carbons (Fsp3) is 0.300. The molecule has 0 radical (unpaired) electrons. The smallest absolute Gasteiger partial charge is 0.417 e. The van der Waals surface area contributed by atoms with Crippen molar-refractivity contribution in [1.82, 2.24) is 4.90 Å². The minimum atomic E-state index is -4.65. The Balaban J connectivity index is 1.93. The first-order chi connectivity index (χ1) is 14.0. The van der Waals surface area contributed by atoms with Crippen LogP contribution in [0.4, 0.5) is 18.9 Å². The van der Waals surface area contributed by atoms with Crippen molar-refractivity contribution >= 4 is 29.1 Å². The van der Waals surface area contributed by atoms with Crippen LogP contribution in [-0.4, -0.2) is 44.0 Å². The number of likely N-dealkylation sites (N-methyl/N-ethyl adjacent to an activating group) is 1. The molecular formula is C20H20ClF3N2O4. The van der Waals surface area contributed by atoms with E-state index in [1.54, 1.807) is 18.2 Å². The van der Waals surface area contributed by atoms with Crippen molar-refractivity contribution in [2.45, 2.75) is 13.1 Å². The van der Waals surface area contributed by atoms with Crippen molar-refractivity contribution in [2.75, 3.05) is 32.6 Å². The lowest BCUT2D eigenvalue weighted by Gasteiger charge is -2.18. The number of hydrogen-bond donors (Lipinski definition) is 1. The van der Waals surface area contributed by atoms with Gasteiger partial charge < -0.3 is 19.7 Å². The summed E-state index contributed by atoms with van der Waals surface area (Å²) < 4.78 is 49.4. The second-order valence-corrected chi connectivity index (χ2v) is 6.84. The summed E-state index contributed by atoms with van der Waals surface area (Å²) >= 11 is 5.55. The summed E-state index contributed by atoms with van der Waals surface area (Å²) in [5, 5.41) is 1.84. The van der Waals surface area contributed by atoms with Crippen LogP contribution >= 0.6 is 11.6 Å². The summed E-state index contributed by atoms with van der Waals surface area (Å²) in [6.45, 7) is 1.15. The van der Waals surface area contributed by atoms with Crippen LogP contribution in [-0.2, 0) is 15.8 Å². The molecule has 0 saturated heterocycles. The molecule has 0 heterocycles. The average molecular weight is 445 g/mol. The Hall–Kier alpha value is -2.94. The maximum Gasteiger partial charge on any atom is 0.417 e. The molecule has 0 aliphatic rings. The molecule has 6 nitrogen and oxygen atoms in total. The van der Waals surface area contributed by atoms with Crippen LogP contribution in [0.3, 0.4) is 0 Å².